The Morgan fingerprint density at radius 1 is 1.33 bits per heavy atom. The van der Waals surface area contributed by atoms with Gasteiger partial charge in [0.2, 0.25) is 0 Å². The Morgan fingerprint density at radius 2 is 2.04 bits per heavy atom. The van der Waals surface area contributed by atoms with E-state index in [-0.39, 0.29) is 5.41 Å². The Morgan fingerprint density at radius 3 is 2.71 bits per heavy atom. The lowest BCUT2D eigenvalue weighted by Crippen LogP contribution is -2.38. The summed E-state index contributed by atoms with van der Waals surface area (Å²) in [4.78, 5) is 17.1. The van der Waals surface area contributed by atoms with Gasteiger partial charge in [-0.3, -0.25) is 0 Å². The summed E-state index contributed by atoms with van der Waals surface area (Å²) in [6.07, 6.45) is 7.97. The fourth-order valence-electron chi connectivity index (χ4n) is 4.62. The van der Waals surface area contributed by atoms with Gasteiger partial charge < -0.3 is 10.0 Å². The van der Waals surface area contributed by atoms with Crippen LogP contribution in [0.5, 0.6) is 0 Å². The van der Waals surface area contributed by atoms with Crippen molar-refractivity contribution in [1.29, 1.82) is 0 Å². The van der Waals surface area contributed by atoms with Crippen LogP contribution in [0.25, 0.3) is 0 Å². The molecule has 2 aliphatic rings. The third kappa shape index (κ3) is 3.28. The largest absolute Gasteiger partial charge is 0.478 e. The van der Waals surface area contributed by atoms with Gasteiger partial charge in [0.05, 0.1) is 5.56 Å². The summed E-state index contributed by atoms with van der Waals surface area (Å²) in [6.45, 7) is 7.77. The molecule has 0 aliphatic heterocycles. The van der Waals surface area contributed by atoms with Gasteiger partial charge in [-0.05, 0) is 56.7 Å². The van der Waals surface area contributed by atoms with Crippen LogP contribution in [-0.4, -0.2) is 35.6 Å². The van der Waals surface area contributed by atoms with Crippen LogP contribution in [-0.2, 0) is 12.8 Å². The van der Waals surface area contributed by atoms with Gasteiger partial charge in [-0.15, -0.1) is 11.3 Å². The number of fused-ring (bicyclic) bond motifs is 1. The van der Waals surface area contributed by atoms with E-state index in [1.54, 1.807) is 0 Å². The summed E-state index contributed by atoms with van der Waals surface area (Å²) in [5, 5.41) is 9.99. The monoisotopic (exact) mass is 349 g/mol. The van der Waals surface area contributed by atoms with Gasteiger partial charge in [0.25, 0.3) is 0 Å². The number of hydrogen-bond donors (Lipinski definition) is 1. The lowest BCUT2D eigenvalue weighted by Gasteiger charge is -2.37. The first-order chi connectivity index (χ1) is 11.3. The van der Waals surface area contributed by atoms with Gasteiger partial charge in [-0.1, -0.05) is 33.6 Å². The zero-order valence-electron chi connectivity index (χ0n) is 15.5. The average molecular weight is 350 g/mol. The molecule has 3 nitrogen and oxygen atoms in total. The highest BCUT2D eigenvalue weighted by Crippen LogP contribution is 2.47. The van der Waals surface area contributed by atoms with E-state index >= 15 is 0 Å². The fraction of sp³-hybridized carbons (Fsp3) is 0.750. The zero-order chi connectivity index (χ0) is 17.5. The molecule has 3 rings (SSSR count). The molecule has 134 valence electrons. The number of aromatic carboxylic acids is 1. The van der Waals surface area contributed by atoms with Crippen molar-refractivity contribution in [3.63, 3.8) is 0 Å². The van der Waals surface area contributed by atoms with Gasteiger partial charge >= 0.3 is 5.97 Å². The normalized spacial score (nSPS) is 26.4. The second-order valence-electron chi connectivity index (χ2n) is 8.42. The zero-order valence-corrected chi connectivity index (χ0v) is 16.3. The summed E-state index contributed by atoms with van der Waals surface area (Å²) in [5.41, 5.74) is 2.05. The molecule has 0 unspecified atom stereocenters. The Labute approximate surface area is 150 Å². The molecule has 0 amide bonds. The van der Waals surface area contributed by atoms with Crippen molar-refractivity contribution in [1.82, 2.24) is 4.90 Å². The summed E-state index contributed by atoms with van der Waals surface area (Å²) >= 11 is 1.82. The molecule has 2 aliphatic carbocycles. The van der Waals surface area contributed by atoms with E-state index in [0.717, 1.165) is 31.4 Å². The van der Waals surface area contributed by atoms with Crippen molar-refractivity contribution >= 4 is 17.3 Å². The number of carboxylic acids is 1. The van der Waals surface area contributed by atoms with Crippen molar-refractivity contribution < 1.29 is 9.90 Å². The summed E-state index contributed by atoms with van der Waals surface area (Å²) < 4.78 is 0. The number of carbonyl (C=O) groups is 1. The molecule has 1 saturated carbocycles. The van der Waals surface area contributed by atoms with Crippen molar-refractivity contribution in [3.8, 4) is 0 Å². The molecule has 0 saturated heterocycles. The number of carboxylic acid groups (broad SMARTS) is 1. The van der Waals surface area contributed by atoms with E-state index in [1.807, 2.05) is 11.3 Å². The van der Waals surface area contributed by atoms with Gasteiger partial charge in [0.15, 0.2) is 0 Å². The first kappa shape index (κ1) is 17.9. The Kier molecular flexibility index (Phi) is 5.08. The van der Waals surface area contributed by atoms with Crippen molar-refractivity contribution in [2.24, 2.45) is 5.41 Å². The van der Waals surface area contributed by atoms with E-state index in [1.165, 1.54) is 35.4 Å². The average Bonchev–Trinajstić information content (AvgIpc) is 2.91. The maximum atomic E-state index is 12.1. The molecular formula is C20H31NO2S. The van der Waals surface area contributed by atoms with Crippen LogP contribution in [0.3, 0.4) is 0 Å². The van der Waals surface area contributed by atoms with E-state index in [2.05, 4.69) is 32.7 Å². The van der Waals surface area contributed by atoms with Gasteiger partial charge in [-0.2, -0.15) is 0 Å². The number of nitrogens with zero attached hydrogens (tertiary/aromatic N) is 1. The van der Waals surface area contributed by atoms with Crippen LogP contribution in [0.2, 0.25) is 0 Å². The minimum absolute atomic E-state index is 0.224. The molecule has 2 atom stereocenters. The first-order valence-corrected chi connectivity index (χ1v) is 10.2. The van der Waals surface area contributed by atoms with Crippen molar-refractivity contribution in [2.75, 3.05) is 13.6 Å². The molecule has 24 heavy (non-hydrogen) atoms. The van der Waals surface area contributed by atoms with Crippen LogP contribution < -0.4 is 0 Å². The lowest BCUT2D eigenvalue weighted by molar-refractivity contribution is 0.0692. The Hall–Kier alpha value is -0.870. The fourth-order valence-corrected chi connectivity index (χ4v) is 6.12. The lowest BCUT2D eigenvalue weighted by atomic mass is 9.75. The van der Waals surface area contributed by atoms with Crippen molar-refractivity contribution in [2.45, 2.75) is 77.7 Å². The highest BCUT2D eigenvalue weighted by atomic mass is 32.1. The van der Waals surface area contributed by atoms with Crippen LogP contribution in [0, 0.1) is 5.41 Å². The third-order valence-corrected chi connectivity index (χ3v) is 7.57. The smallest absolute Gasteiger partial charge is 0.337 e. The second kappa shape index (κ2) is 6.80. The highest BCUT2D eigenvalue weighted by molar-refractivity contribution is 7.12. The molecule has 0 spiro atoms. The number of hydrogen-bond acceptors (Lipinski definition) is 3. The maximum absolute atomic E-state index is 12.1. The standard InChI is InChI=1S/C20H31NO2S/c1-5-21(4)15-9-7-6-8-13(15)18-17(19(22)23)14-12-20(2,3)11-10-16(14)24-18/h13,15H,5-12H2,1-4H3,(H,22,23)/t13-,15-/m1/s1. The van der Waals surface area contributed by atoms with E-state index in [9.17, 15) is 9.90 Å². The molecule has 1 aromatic rings. The van der Waals surface area contributed by atoms with E-state index in [0.29, 0.717) is 17.5 Å². The predicted molar refractivity (Wildman–Crippen MR) is 100 cm³/mol. The molecule has 0 radical (unpaired) electrons. The van der Waals surface area contributed by atoms with Gasteiger partial charge in [0.1, 0.15) is 0 Å². The Bertz CT molecular complexity index is 619. The Balaban J connectivity index is 2.04. The molecule has 4 heteroatoms. The number of likely N-dealkylation sites (N-methyl/N-ethyl adjacent to an activating group) is 1. The number of rotatable bonds is 4. The molecule has 1 heterocycles. The number of aryl methyl sites for hydroxylation is 1. The van der Waals surface area contributed by atoms with Crippen molar-refractivity contribution in [3.05, 3.63) is 20.9 Å². The molecular weight excluding hydrogens is 318 g/mol. The number of thiophene rings is 1. The minimum Gasteiger partial charge on any atom is -0.478 e. The van der Waals surface area contributed by atoms with Crippen LogP contribution in [0.1, 0.15) is 84.5 Å². The van der Waals surface area contributed by atoms with E-state index in [4.69, 9.17) is 0 Å². The SMILES string of the molecule is CCN(C)[C@@H]1CCCC[C@H]1c1sc2c(c1C(=O)O)CC(C)(C)CC2. The summed E-state index contributed by atoms with van der Waals surface area (Å²) in [7, 11) is 2.19. The first-order valence-electron chi connectivity index (χ1n) is 9.42. The van der Waals surface area contributed by atoms with Crippen LogP contribution in [0.4, 0.5) is 0 Å². The van der Waals surface area contributed by atoms with Crippen LogP contribution >= 0.6 is 11.3 Å². The molecule has 0 aromatic carbocycles. The van der Waals surface area contributed by atoms with E-state index < -0.39 is 5.97 Å². The molecule has 0 bridgehead atoms. The highest BCUT2D eigenvalue weighted by Gasteiger charge is 2.38. The topological polar surface area (TPSA) is 40.5 Å². The molecule has 1 N–H and O–H groups in total. The molecule has 1 fully saturated rings. The van der Waals surface area contributed by atoms with Gasteiger partial charge in [-0.25, -0.2) is 4.79 Å². The van der Waals surface area contributed by atoms with Gasteiger partial charge in [0, 0.05) is 21.7 Å². The maximum Gasteiger partial charge on any atom is 0.337 e. The quantitative estimate of drug-likeness (QED) is 0.837. The van der Waals surface area contributed by atoms with Crippen LogP contribution in [0.15, 0.2) is 0 Å². The minimum atomic E-state index is -0.705. The second-order valence-corrected chi connectivity index (χ2v) is 9.56. The molecule has 1 aromatic heterocycles. The summed E-state index contributed by atoms with van der Waals surface area (Å²) in [6, 6.07) is 0.495. The third-order valence-electron chi connectivity index (χ3n) is 6.15. The summed E-state index contributed by atoms with van der Waals surface area (Å²) in [5.74, 6) is -0.308. The predicted octanol–water partition coefficient (Wildman–Crippen LogP) is 4.94.